The average molecular weight is 639 g/mol. The molecule has 2 saturated heterocycles. The number of esters is 4. The van der Waals surface area contributed by atoms with Crippen LogP contribution in [0.4, 0.5) is 0 Å². The number of benzene rings is 2. The Morgan fingerprint density at radius 3 is 1.74 bits per heavy atom. The van der Waals surface area contributed by atoms with Crippen LogP contribution in [0.5, 0.6) is 23.0 Å². The third kappa shape index (κ3) is 4.37. The number of hydrogen-bond donors (Lipinski definition) is 2. The van der Waals surface area contributed by atoms with Crippen LogP contribution in [0, 0.1) is 13.8 Å². The molecule has 6 rings (SSSR count). The van der Waals surface area contributed by atoms with Gasteiger partial charge >= 0.3 is 23.9 Å². The Balaban J connectivity index is 1.53. The van der Waals surface area contributed by atoms with Gasteiger partial charge in [-0.15, -0.1) is 0 Å². The molecule has 2 N–H and O–H groups in total. The summed E-state index contributed by atoms with van der Waals surface area (Å²) < 4.78 is 33.0. The van der Waals surface area contributed by atoms with E-state index >= 15 is 0 Å². The largest absolute Gasteiger partial charge is 0.507 e. The number of phenolic OH excluding ortho intramolecular Hbond substituents is 2. The minimum Gasteiger partial charge on any atom is -0.507 e. The number of fused-ring (bicyclic) bond motifs is 2. The molecule has 0 radical (unpaired) electrons. The maximum absolute atomic E-state index is 13.8. The number of aryl methyl sites for hydroxylation is 2. The Labute approximate surface area is 261 Å². The van der Waals surface area contributed by atoms with Crippen molar-refractivity contribution in [3.63, 3.8) is 0 Å². The van der Waals surface area contributed by atoms with Gasteiger partial charge in [-0.1, -0.05) is 0 Å². The lowest BCUT2D eigenvalue weighted by Gasteiger charge is -2.40. The minimum atomic E-state index is -2.10. The molecule has 4 aliphatic heterocycles. The first-order valence-electron chi connectivity index (χ1n) is 14.5. The zero-order chi connectivity index (χ0) is 33.3. The number of hydrogen-bond acceptors (Lipinski definition) is 14. The second-order valence-corrected chi connectivity index (χ2v) is 11.8. The van der Waals surface area contributed by atoms with Crippen molar-refractivity contribution in [2.24, 2.45) is 0 Å². The van der Waals surface area contributed by atoms with Gasteiger partial charge in [0.2, 0.25) is 11.2 Å². The lowest BCUT2D eigenvalue weighted by molar-refractivity contribution is -0.176. The van der Waals surface area contributed by atoms with Crippen molar-refractivity contribution in [3.05, 3.63) is 34.4 Å². The van der Waals surface area contributed by atoms with Crippen LogP contribution < -0.4 is 9.47 Å². The van der Waals surface area contributed by atoms with E-state index in [0.29, 0.717) is 0 Å². The van der Waals surface area contributed by atoms with Crippen molar-refractivity contribution in [1.29, 1.82) is 0 Å². The van der Waals surface area contributed by atoms with Crippen molar-refractivity contribution < 1.29 is 67.4 Å². The van der Waals surface area contributed by atoms with Crippen LogP contribution in [-0.4, -0.2) is 83.3 Å². The van der Waals surface area contributed by atoms with Gasteiger partial charge in [-0.3, -0.25) is 19.2 Å². The Kier molecular flexibility index (Phi) is 7.21. The Bertz CT molecular complexity index is 1760. The molecule has 0 amide bonds. The number of ether oxygens (including phenoxy) is 6. The van der Waals surface area contributed by atoms with Crippen molar-refractivity contribution in [2.75, 3.05) is 14.2 Å². The summed E-state index contributed by atoms with van der Waals surface area (Å²) in [5.74, 6) is -6.02. The molecule has 46 heavy (non-hydrogen) atoms. The molecular formula is C32H30O14. The zero-order valence-electron chi connectivity index (χ0n) is 25.3. The monoisotopic (exact) mass is 638 g/mol. The third-order valence-corrected chi connectivity index (χ3v) is 9.02. The van der Waals surface area contributed by atoms with Crippen molar-refractivity contribution in [1.82, 2.24) is 0 Å². The molecular weight excluding hydrogens is 608 g/mol. The van der Waals surface area contributed by atoms with Gasteiger partial charge in [0.25, 0.3) is 0 Å². The van der Waals surface area contributed by atoms with Gasteiger partial charge in [0.15, 0.2) is 23.8 Å². The van der Waals surface area contributed by atoms with E-state index in [0.717, 1.165) is 14.2 Å². The topological polar surface area (TPSA) is 198 Å². The van der Waals surface area contributed by atoms with E-state index in [1.807, 2.05) is 0 Å². The first-order chi connectivity index (χ1) is 21.8. The number of carbonyl (C=O) groups is 6. The van der Waals surface area contributed by atoms with E-state index in [2.05, 4.69) is 0 Å². The van der Waals surface area contributed by atoms with Crippen LogP contribution >= 0.6 is 0 Å². The lowest BCUT2D eigenvalue weighted by atomic mass is 9.80. The number of rotatable bonds is 5. The molecule has 4 atom stereocenters. The highest BCUT2D eigenvalue weighted by Gasteiger charge is 2.60. The quantitative estimate of drug-likeness (QED) is 0.358. The van der Waals surface area contributed by atoms with Crippen LogP contribution in [0.2, 0.25) is 0 Å². The molecule has 14 heteroatoms. The first-order valence-corrected chi connectivity index (χ1v) is 14.5. The zero-order valence-corrected chi connectivity index (χ0v) is 25.3. The molecule has 14 nitrogen and oxygen atoms in total. The van der Waals surface area contributed by atoms with E-state index in [-0.39, 0.29) is 70.6 Å². The molecule has 4 heterocycles. The number of phenols is 2. The van der Waals surface area contributed by atoms with E-state index in [1.165, 1.54) is 12.1 Å². The minimum absolute atomic E-state index is 0.00805. The highest BCUT2D eigenvalue weighted by atomic mass is 16.6. The van der Waals surface area contributed by atoms with Gasteiger partial charge < -0.3 is 38.6 Å². The van der Waals surface area contributed by atoms with Gasteiger partial charge in [0.05, 0.1) is 27.1 Å². The molecule has 242 valence electrons. The Hall–Kier alpha value is -5.14. The average Bonchev–Trinajstić information content (AvgIpc) is 3.65. The number of cyclic esters (lactones) is 2. The van der Waals surface area contributed by atoms with Crippen LogP contribution in [0.1, 0.15) is 70.4 Å². The van der Waals surface area contributed by atoms with Gasteiger partial charge in [-0.25, -0.2) is 9.59 Å². The summed E-state index contributed by atoms with van der Waals surface area (Å²) in [7, 11) is 2.19. The van der Waals surface area contributed by atoms with Crippen molar-refractivity contribution in [3.8, 4) is 34.1 Å². The Morgan fingerprint density at radius 2 is 1.24 bits per heavy atom. The highest BCUT2D eigenvalue weighted by molar-refractivity contribution is 6.11. The summed E-state index contributed by atoms with van der Waals surface area (Å²) in [6.07, 6.45) is -3.41. The summed E-state index contributed by atoms with van der Waals surface area (Å²) in [4.78, 5) is 77.7. The van der Waals surface area contributed by atoms with E-state index in [9.17, 15) is 39.0 Å². The summed E-state index contributed by atoms with van der Waals surface area (Å²) >= 11 is 0. The van der Waals surface area contributed by atoms with Gasteiger partial charge in [-0.2, -0.15) is 0 Å². The fourth-order valence-corrected chi connectivity index (χ4v) is 6.89. The molecule has 4 aliphatic rings. The lowest BCUT2D eigenvalue weighted by Crippen LogP contribution is -2.58. The van der Waals surface area contributed by atoms with Crippen LogP contribution in [-0.2, 0) is 38.1 Å². The van der Waals surface area contributed by atoms with Crippen LogP contribution in [0.15, 0.2) is 12.1 Å². The van der Waals surface area contributed by atoms with Crippen LogP contribution in [0.25, 0.3) is 11.1 Å². The number of ketones is 2. The molecule has 0 spiro atoms. The number of carbonyl (C=O) groups excluding carboxylic acids is 6. The fraction of sp³-hybridized carbons (Fsp3) is 0.438. The van der Waals surface area contributed by atoms with E-state index < -0.39 is 83.2 Å². The van der Waals surface area contributed by atoms with E-state index in [4.69, 9.17) is 28.4 Å². The van der Waals surface area contributed by atoms with Crippen molar-refractivity contribution in [2.45, 2.75) is 75.8 Å². The van der Waals surface area contributed by atoms with Gasteiger partial charge in [0.1, 0.15) is 34.1 Å². The first kappa shape index (κ1) is 30.9. The smallest absolute Gasteiger partial charge is 0.354 e. The van der Waals surface area contributed by atoms with E-state index in [1.54, 1.807) is 13.8 Å². The third-order valence-electron chi connectivity index (χ3n) is 9.02. The van der Waals surface area contributed by atoms with Crippen molar-refractivity contribution >= 4 is 35.4 Å². The molecule has 2 aromatic rings. The molecule has 2 aromatic carbocycles. The normalized spacial score (nSPS) is 26.7. The maximum atomic E-state index is 13.8. The predicted molar refractivity (Wildman–Crippen MR) is 152 cm³/mol. The molecule has 2 fully saturated rings. The second kappa shape index (κ2) is 10.7. The summed E-state index contributed by atoms with van der Waals surface area (Å²) in [5.41, 5.74) is -4.02. The Morgan fingerprint density at radius 1 is 0.739 bits per heavy atom. The standard InChI is InChI=1S/C32H30O14/c1-13-9-15(33)25-16(34)11-32(30(40)42-4,20-6-8-22(37)44-20)46-28(25)24(13)23-14(2)10-18-26(27(23)38)17(35)12-31(45-18,29(39)41-3)19-5-7-21(36)43-19/h9-10,19-20,33,38H,5-8,11-12H2,1-4H3. The fourth-order valence-electron chi connectivity index (χ4n) is 6.89. The number of Topliss-reactive ketones (excluding diaryl/α,β-unsaturated/α-hetero) is 2. The summed E-state index contributed by atoms with van der Waals surface area (Å²) in [6.45, 7) is 3.11. The van der Waals surface area contributed by atoms with Gasteiger partial charge in [-0.05, 0) is 49.9 Å². The molecule has 0 bridgehead atoms. The second-order valence-electron chi connectivity index (χ2n) is 11.8. The summed E-state index contributed by atoms with van der Waals surface area (Å²) in [6, 6.07) is 2.68. The SMILES string of the molecule is COC(=O)C1(C2CCC(=O)O2)CC(=O)c2c(cc(C)c(-c3c(C)cc(O)c4c3OC(C(=O)OC)(C3CCC(=O)O3)CC4=O)c2O)O1. The molecule has 0 saturated carbocycles. The molecule has 4 unspecified atom stereocenters. The predicted octanol–water partition coefficient (Wildman–Crippen LogP) is 2.55. The molecule has 0 aliphatic carbocycles. The maximum Gasteiger partial charge on any atom is 0.354 e. The number of aromatic hydroxyl groups is 2. The van der Waals surface area contributed by atoms with Gasteiger partial charge in [0, 0.05) is 24.0 Å². The highest BCUT2D eigenvalue weighted by Crippen LogP contribution is 2.54. The number of methoxy groups -OCH3 is 2. The van der Waals surface area contributed by atoms with Crippen LogP contribution in [0.3, 0.4) is 0 Å². The summed E-state index contributed by atoms with van der Waals surface area (Å²) in [5, 5.41) is 22.6. The molecule has 0 aromatic heterocycles.